The summed E-state index contributed by atoms with van der Waals surface area (Å²) in [6.45, 7) is 5.40. The van der Waals surface area contributed by atoms with Crippen LogP contribution in [-0.2, 0) is 49.0 Å². The van der Waals surface area contributed by atoms with E-state index in [2.05, 4.69) is 36.4 Å². The molecule has 4 rings (SSSR count). The molecule has 0 radical (unpaired) electrons. The molecular formula is C21H33ClOSiZr. The minimum atomic E-state index is -0.167. The Kier molecular flexibility index (Phi) is 15.2. The van der Waals surface area contributed by atoms with Crippen LogP contribution in [0.25, 0.3) is 0 Å². The number of aliphatic hydroxyl groups excluding tert-OH is 1. The zero-order valence-electron chi connectivity index (χ0n) is 15.8. The minimum absolute atomic E-state index is 0. The first-order valence-electron chi connectivity index (χ1n) is 9.17. The van der Waals surface area contributed by atoms with Crippen LogP contribution in [0.5, 0.6) is 0 Å². The fourth-order valence-electron chi connectivity index (χ4n) is 3.23. The van der Waals surface area contributed by atoms with Gasteiger partial charge in [0.2, 0.25) is 0 Å². The Morgan fingerprint density at radius 1 is 0.840 bits per heavy atom. The Balaban J connectivity index is 0.000000345. The average molecular weight is 456 g/mol. The summed E-state index contributed by atoms with van der Waals surface area (Å²) < 4.78 is 0. The van der Waals surface area contributed by atoms with Crippen LogP contribution in [0.3, 0.4) is 0 Å². The molecule has 2 aliphatic carbocycles. The van der Waals surface area contributed by atoms with E-state index in [1.54, 1.807) is 59.4 Å². The summed E-state index contributed by atoms with van der Waals surface area (Å²) in [6, 6.07) is 13.4. The molecule has 2 aromatic rings. The summed E-state index contributed by atoms with van der Waals surface area (Å²) in [5, 5.41) is 8.06. The Morgan fingerprint density at radius 3 is 1.48 bits per heavy atom. The van der Waals surface area contributed by atoms with Crippen molar-refractivity contribution in [3.05, 3.63) is 58.7 Å². The fraction of sp³-hybridized carbons (Fsp3) is 0.524. The number of rotatable bonds is 0. The van der Waals surface area contributed by atoms with Crippen molar-refractivity contribution in [2.75, 3.05) is 0 Å². The van der Waals surface area contributed by atoms with Gasteiger partial charge in [0.15, 0.2) is 0 Å². The molecule has 0 atom stereocenters. The third kappa shape index (κ3) is 10.1. The van der Waals surface area contributed by atoms with Gasteiger partial charge in [0, 0.05) is 6.10 Å². The smallest absolute Gasteiger partial charge is 0.0512 e. The second kappa shape index (κ2) is 15.1. The first-order chi connectivity index (χ1) is 11.7. The molecule has 0 unspecified atom stereocenters. The third-order valence-electron chi connectivity index (χ3n) is 4.30. The van der Waals surface area contributed by atoms with E-state index in [9.17, 15) is 0 Å². The summed E-state index contributed by atoms with van der Waals surface area (Å²) in [4.78, 5) is 0. The molecule has 0 heterocycles. The van der Waals surface area contributed by atoms with Crippen LogP contribution in [0, 0.1) is 0 Å². The fourth-order valence-corrected chi connectivity index (χ4v) is 3.23. The van der Waals surface area contributed by atoms with Crippen LogP contribution in [0.1, 0.15) is 61.8 Å². The molecular weight excluding hydrogens is 423 g/mol. The zero-order chi connectivity index (χ0) is 17.8. The second-order valence-corrected chi connectivity index (χ2v) is 6.66. The van der Waals surface area contributed by atoms with Crippen molar-refractivity contribution in [1.82, 2.24) is 0 Å². The van der Waals surface area contributed by atoms with E-state index in [0.29, 0.717) is 0 Å². The van der Waals surface area contributed by atoms with E-state index in [1.165, 1.54) is 51.4 Å². The molecule has 25 heavy (non-hydrogen) atoms. The van der Waals surface area contributed by atoms with Crippen molar-refractivity contribution in [3.63, 3.8) is 0 Å². The number of halogens is 1. The normalized spacial score (nSPS) is 14.2. The predicted octanol–water partition coefficient (Wildman–Crippen LogP) is 4.46. The first-order valence-corrected chi connectivity index (χ1v) is 15.1. The Labute approximate surface area is 176 Å². The maximum absolute atomic E-state index is 8.06. The summed E-state index contributed by atoms with van der Waals surface area (Å²) in [7, 11) is 0. The largest absolute Gasteiger partial charge is 0.210 e. The first kappa shape index (κ1) is 25.1. The van der Waals surface area contributed by atoms with Crippen LogP contribution in [-0.4, -0.2) is 18.1 Å². The maximum atomic E-state index is 8.06. The van der Waals surface area contributed by atoms with Crippen LogP contribution in [0.15, 0.2) is 36.4 Å². The van der Waals surface area contributed by atoms with Crippen molar-refractivity contribution >= 4 is 19.3 Å². The van der Waals surface area contributed by atoms with Crippen molar-refractivity contribution < 1.29 is 28.4 Å². The second-order valence-electron chi connectivity index (χ2n) is 6.66. The molecule has 0 aliphatic heterocycles. The molecule has 0 saturated heterocycles. The number of fused-ring (bicyclic) bond motifs is 2. The molecule has 0 saturated carbocycles. The van der Waals surface area contributed by atoms with Gasteiger partial charge in [0.25, 0.3) is 0 Å². The summed E-state index contributed by atoms with van der Waals surface area (Å²) in [6.07, 6.45) is 10.7. The van der Waals surface area contributed by atoms with Gasteiger partial charge in [-0.05, 0) is 13.8 Å². The van der Waals surface area contributed by atoms with Gasteiger partial charge in [0.1, 0.15) is 0 Å². The van der Waals surface area contributed by atoms with Gasteiger partial charge in [-0.1, -0.05) is 51.4 Å². The molecule has 2 aromatic carbocycles. The van der Waals surface area contributed by atoms with E-state index >= 15 is 0 Å². The summed E-state index contributed by atoms with van der Waals surface area (Å²) in [5.74, 6) is 0. The van der Waals surface area contributed by atoms with Gasteiger partial charge in [-0.2, -0.15) is 46.5 Å². The maximum Gasteiger partial charge on any atom is -0.0512 e. The Bertz CT molecular complexity index is 472. The van der Waals surface area contributed by atoms with Crippen LogP contribution in [0.2, 0.25) is 0 Å². The molecule has 2 aliphatic rings. The van der Waals surface area contributed by atoms with Gasteiger partial charge < -0.3 is 5.11 Å². The Hall–Kier alpha value is 0.0500. The van der Waals surface area contributed by atoms with Crippen molar-refractivity contribution in [2.24, 2.45) is 0 Å². The quantitative estimate of drug-likeness (QED) is 0.459. The van der Waals surface area contributed by atoms with Gasteiger partial charge in [-0.15, -0.1) is 12.4 Å². The monoisotopic (exact) mass is 454 g/mol. The van der Waals surface area contributed by atoms with Crippen molar-refractivity contribution in [2.45, 2.75) is 71.3 Å². The zero-order valence-corrected chi connectivity index (χ0v) is 20.4. The number of hydrogen-bond acceptors (Lipinski definition) is 1. The topological polar surface area (TPSA) is 20.2 Å². The molecule has 0 bridgehead atoms. The summed E-state index contributed by atoms with van der Waals surface area (Å²) in [5.41, 5.74) is 6.39. The van der Waals surface area contributed by atoms with E-state index in [0.717, 1.165) is 0 Å². The third-order valence-corrected chi connectivity index (χ3v) is 4.30. The Morgan fingerprint density at radius 2 is 1.16 bits per heavy atom. The number of aliphatic hydroxyl groups is 1. The number of hydrogen-bond donors (Lipinski definition) is 1. The molecule has 0 aromatic heterocycles. The van der Waals surface area contributed by atoms with E-state index in [-0.39, 0.29) is 18.5 Å². The van der Waals surface area contributed by atoms with E-state index < -0.39 is 0 Å². The summed E-state index contributed by atoms with van der Waals surface area (Å²) >= 11 is 1.58. The molecule has 0 fully saturated rings. The van der Waals surface area contributed by atoms with E-state index in [4.69, 9.17) is 5.11 Å². The molecule has 1 N–H and O–H groups in total. The number of aryl methyl sites for hydroxylation is 4. The van der Waals surface area contributed by atoms with Gasteiger partial charge in [0.05, 0.1) is 0 Å². The van der Waals surface area contributed by atoms with E-state index in [1.807, 2.05) is 6.88 Å². The molecule has 1 nitrogen and oxygen atoms in total. The molecule has 0 amide bonds. The SMILES string of the molecule is CC(C)O.Cl.[SiH2]=[Zr+2].c1cc2c([cH-]1)CCCC2.c1cc2c([cH-]1)CCCC2. The van der Waals surface area contributed by atoms with Crippen LogP contribution in [0.4, 0.5) is 0 Å². The average Bonchev–Trinajstić information content (AvgIpc) is 3.26. The van der Waals surface area contributed by atoms with Gasteiger partial charge in [-0.3, -0.25) is 0 Å². The van der Waals surface area contributed by atoms with Crippen LogP contribution >= 0.6 is 12.4 Å². The predicted molar refractivity (Wildman–Crippen MR) is 111 cm³/mol. The van der Waals surface area contributed by atoms with Crippen molar-refractivity contribution in [1.29, 1.82) is 0 Å². The van der Waals surface area contributed by atoms with Crippen LogP contribution < -0.4 is 0 Å². The molecule has 0 spiro atoms. The minimum Gasteiger partial charge on any atom is -0.210 e. The molecule has 4 heteroatoms. The standard InChI is InChI=1S/2C9H11.C3H8O.ClH.H2Si.Zr/c2*1-2-5-9-7-3-6-8(9)4-1;1-3(2)4;;;/h2*3,6-7H,1-2,4-5H2;3-4H,1-2H3;1H;1H2;/q2*-1;;;;+2. The van der Waals surface area contributed by atoms with Crippen molar-refractivity contribution in [3.8, 4) is 0 Å². The van der Waals surface area contributed by atoms with Gasteiger partial charge in [-0.25, -0.2) is 12.1 Å². The van der Waals surface area contributed by atoms with Gasteiger partial charge >= 0.3 is 30.2 Å². The molecule has 138 valence electrons.